The van der Waals surface area contributed by atoms with Crippen LogP contribution in [-0.4, -0.2) is 34.5 Å². The molecule has 0 fully saturated rings. The summed E-state index contributed by atoms with van der Waals surface area (Å²) in [6, 6.07) is 10.2. The number of aryl methyl sites for hydroxylation is 2. The van der Waals surface area contributed by atoms with E-state index in [1.165, 1.54) is 11.1 Å². The van der Waals surface area contributed by atoms with Crippen LogP contribution in [0.3, 0.4) is 0 Å². The van der Waals surface area contributed by atoms with Gasteiger partial charge in [0.2, 0.25) is 0 Å². The fraction of sp³-hybridized carbons (Fsp3) is 0.364. The Bertz CT molecular complexity index is 1070. The van der Waals surface area contributed by atoms with Crippen molar-refractivity contribution in [1.82, 2.24) is 14.5 Å². The highest BCUT2D eigenvalue weighted by atomic mass is 35.5. The SMILES string of the molecule is Cc1ccccc1[C@@H]1CCc2c(C(=O)N(C)C)cc3c(nc(CCl)n3C)c2O1. The Morgan fingerprint density at radius 2 is 2.11 bits per heavy atom. The lowest BCUT2D eigenvalue weighted by Gasteiger charge is -2.29. The Labute approximate surface area is 169 Å². The highest BCUT2D eigenvalue weighted by Gasteiger charge is 2.30. The molecule has 28 heavy (non-hydrogen) atoms. The highest BCUT2D eigenvalue weighted by molar-refractivity contribution is 6.17. The summed E-state index contributed by atoms with van der Waals surface area (Å²) in [4.78, 5) is 19.2. The first-order valence-electron chi connectivity index (χ1n) is 9.43. The third kappa shape index (κ3) is 2.94. The largest absolute Gasteiger partial charge is 0.483 e. The minimum absolute atomic E-state index is 0.0234. The summed E-state index contributed by atoms with van der Waals surface area (Å²) < 4.78 is 8.45. The molecule has 0 radical (unpaired) electrons. The topological polar surface area (TPSA) is 47.4 Å². The van der Waals surface area contributed by atoms with Crippen molar-refractivity contribution in [2.75, 3.05) is 14.1 Å². The van der Waals surface area contributed by atoms with Gasteiger partial charge < -0.3 is 14.2 Å². The average Bonchev–Trinajstić information content (AvgIpc) is 3.02. The summed E-state index contributed by atoms with van der Waals surface area (Å²) in [5.41, 5.74) is 5.65. The molecule has 5 nitrogen and oxygen atoms in total. The van der Waals surface area contributed by atoms with Crippen LogP contribution in [0.5, 0.6) is 5.75 Å². The number of hydrogen-bond donors (Lipinski definition) is 0. The maximum atomic E-state index is 12.9. The van der Waals surface area contributed by atoms with Gasteiger partial charge in [0.1, 0.15) is 17.4 Å². The number of aromatic nitrogens is 2. The number of ether oxygens (including phenoxy) is 1. The van der Waals surface area contributed by atoms with Crippen molar-refractivity contribution in [1.29, 1.82) is 0 Å². The monoisotopic (exact) mass is 397 g/mol. The number of halogens is 1. The predicted molar refractivity (Wildman–Crippen MR) is 111 cm³/mol. The lowest BCUT2D eigenvalue weighted by Crippen LogP contribution is -2.25. The molecular weight excluding hydrogens is 374 g/mol. The number of amides is 1. The molecule has 1 aliphatic heterocycles. The van der Waals surface area contributed by atoms with E-state index >= 15 is 0 Å². The second-order valence-electron chi connectivity index (χ2n) is 7.52. The highest BCUT2D eigenvalue weighted by Crippen LogP contribution is 2.42. The number of fused-ring (bicyclic) bond motifs is 3. The Morgan fingerprint density at radius 1 is 1.36 bits per heavy atom. The van der Waals surface area contributed by atoms with Crippen LogP contribution < -0.4 is 4.74 Å². The lowest BCUT2D eigenvalue weighted by atomic mass is 9.91. The smallest absolute Gasteiger partial charge is 0.253 e. The molecule has 4 rings (SSSR count). The van der Waals surface area contributed by atoms with Crippen LogP contribution in [0.2, 0.25) is 0 Å². The molecule has 0 unspecified atom stereocenters. The predicted octanol–water partition coefficient (Wildman–Crippen LogP) is 4.39. The van der Waals surface area contributed by atoms with Crippen LogP contribution in [-0.2, 0) is 19.3 Å². The molecule has 0 aliphatic carbocycles. The molecule has 0 saturated carbocycles. The van der Waals surface area contributed by atoms with Crippen LogP contribution in [0.25, 0.3) is 11.0 Å². The number of rotatable bonds is 3. The number of hydrogen-bond acceptors (Lipinski definition) is 3. The first-order chi connectivity index (χ1) is 13.4. The van der Waals surface area contributed by atoms with E-state index in [-0.39, 0.29) is 12.0 Å². The van der Waals surface area contributed by atoms with Crippen LogP contribution >= 0.6 is 11.6 Å². The molecule has 6 heteroatoms. The van der Waals surface area contributed by atoms with Gasteiger partial charge in [-0.2, -0.15) is 0 Å². The zero-order valence-electron chi connectivity index (χ0n) is 16.6. The molecule has 1 aliphatic rings. The van der Waals surface area contributed by atoms with Gasteiger partial charge in [0.05, 0.1) is 11.4 Å². The average molecular weight is 398 g/mol. The number of nitrogens with zero attached hydrogens (tertiary/aromatic N) is 3. The Balaban J connectivity index is 1.91. The number of carbonyl (C=O) groups is 1. The minimum Gasteiger partial charge on any atom is -0.483 e. The third-order valence-electron chi connectivity index (χ3n) is 5.54. The van der Waals surface area contributed by atoms with Crippen molar-refractivity contribution in [3.63, 3.8) is 0 Å². The Hall–Kier alpha value is -2.53. The van der Waals surface area contributed by atoms with Crippen LogP contribution in [0.15, 0.2) is 30.3 Å². The number of benzene rings is 2. The summed E-state index contributed by atoms with van der Waals surface area (Å²) in [6.07, 6.45) is 1.54. The summed E-state index contributed by atoms with van der Waals surface area (Å²) in [5.74, 6) is 1.76. The number of imidazole rings is 1. The maximum Gasteiger partial charge on any atom is 0.253 e. The normalized spacial score (nSPS) is 16.0. The van der Waals surface area contributed by atoms with Gasteiger partial charge in [-0.3, -0.25) is 4.79 Å². The van der Waals surface area contributed by atoms with E-state index in [2.05, 4.69) is 19.1 Å². The summed E-state index contributed by atoms with van der Waals surface area (Å²) in [6.45, 7) is 2.10. The summed E-state index contributed by atoms with van der Waals surface area (Å²) in [5, 5.41) is 0. The zero-order chi connectivity index (χ0) is 20.0. The molecule has 1 aromatic heterocycles. The fourth-order valence-corrected chi connectivity index (χ4v) is 4.19. The second kappa shape index (κ2) is 7.13. The van der Waals surface area contributed by atoms with Crippen molar-refractivity contribution < 1.29 is 9.53 Å². The molecule has 2 heterocycles. The standard InChI is InChI=1S/C22H24ClN3O2/c1-13-7-5-6-8-14(13)18-10-9-15-16(22(27)25(2)3)11-17-20(21(15)28-18)24-19(12-23)26(17)4/h5-8,11,18H,9-10,12H2,1-4H3/t18-/m0/s1. The van der Waals surface area contributed by atoms with Crippen molar-refractivity contribution in [2.45, 2.75) is 31.7 Å². The molecule has 0 N–H and O–H groups in total. The molecule has 0 saturated heterocycles. The summed E-state index contributed by atoms with van der Waals surface area (Å²) in [7, 11) is 5.46. The van der Waals surface area contributed by atoms with Gasteiger partial charge in [-0.15, -0.1) is 11.6 Å². The quantitative estimate of drug-likeness (QED) is 0.616. The second-order valence-corrected chi connectivity index (χ2v) is 7.79. The van der Waals surface area contributed by atoms with E-state index in [0.717, 1.165) is 35.3 Å². The van der Waals surface area contributed by atoms with Gasteiger partial charge in [-0.05, 0) is 37.0 Å². The van der Waals surface area contributed by atoms with E-state index < -0.39 is 0 Å². The van der Waals surface area contributed by atoms with Gasteiger partial charge in [0, 0.05) is 32.3 Å². The van der Waals surface area contributed by atoms with Crippen LogP contribution in [0, 0.1) is 6.92 Å². The number of alkyl halides is 1. The van der Waals surface area contributed by atoms with Gasteiger partial charge in [-0.1, -0.05) is 24.3 Å². The summed E-state index contributed by atoms with van der Waals surface area (Å²) >= 11 is 6.09. The third-order valence-corrected chi connectivity index (χ3v) is 5.77. The van der Waals surface area contributed by atoms with Crippen LogP contribution in [0.1, 0.15) is 45.4 Å². The van der Waals surface area contributed by atoms with E-state index in [1.807, 2.05) is 29.8 Å². The molecule has 0 spiro atoms. The molecule has 2 aromatic carbocycles. The van der Waals surface area contributed by atoms with E-state index in [4.69, 9.17) is 21.3 Å². The zero-order valence-corrected chi connectivity index (χ0v) is 17.4. The van der Waals surface area contributed by atoms with Crippen molar-refractivity contribution >= 4 is 28.5 Å². The first kappa shape index (κ1) is 18.8. The number of carbonyl (C=O) groups excluding carboxylic acids is 1. The van der Waals surface area contributed by atoms with Crippen LogP contribution in [0.4, 0.5) is 0 Å². The minimum atomic E-state index is -0.0527. The van der Waals surface area contributed by atoms with Crippen molar-refractivity contribution in [2.24, 2.45) is 7.05 Å². The first-order valence-corrected chi connectivity index (χ1v) is 9.96. The lowest BCUT2D eigenvalue weighted by molar-refractivity contribution is 0.0823. The molecular formula is C22H24ClN3O2. The van der Waals surface area contributed by atoms with Gasteiger partial charge in [0.25, 0.3) is 5.91 Å². The van der Waals surface area contributed by atoms with Gasteiger partial charge >= 0.3 is 0 Å². The molecule has 3 aromatic rings. The van der Waals surface area contributed by atoms with E-state index in [0.29, 0.717) is 17.2 Å². The Kier molecular flexibility index (Phi) is 4.79. The van der Waals surface area contributed by atoms with Gasteiger partial charge in [-0.25, -0.2) is 4.98 Å². The van der Waals surface area contributed by atoms with E-state index in [9.17, 15) is 4.79 Å². The molecule has 1 amide bonds. The Morgan fingerprint density at radius 3 is 2.79 bits per heavy atom. The van der Waals surface area contributed by atoms with Crippen molar-refractivity contribution in [3.05, 3.63) is 58.4 Å². The maximum absolute atomic E-state index is 12.9. The molecule has 0 bridgehead atoms. The van der Waals surface area contributed by atoms with E-state index in [1.54, 1.807) is 19.0 Å². The van der Waals surface area contributed by atoms with Crippen molar-refractivity contribution in [3.8, 4) is 5.75 Å². The molecule has 1 atom stereocenters. The molecule has 146 valence electrons. The van der Waals surface area contributed by atoms with Gasteiger partial charge in [0.15, 0.2) is 5.75 Å². The fourth-order valence-electron chi connectivity index (χ4n) is 3.95.